The lowest BCUT2D eigenvalue weighted by molar-refractivity contribution is -0.157. The standard InChI is InChI=1S/C30H51NO2/c1-3-5-7-9-24-10-12-27(13-11-24)29(32)33-28-16-14-25(15-17-28)26-18-21-30(23-31,22-19-26)20-8-6-4-2/h24-28H,3-22H2,1-2H3. The summed E-state index contributed by atoms with van der Waals surface area (Å²) in [5.41, 5.74) is -0.0343. The van der Waals surface area contributed by atoms with Gasteiger partial charge in [0, 0.05) is 0 Å². The monoisotopic (exact) mass is 457 g/mol. The predicted octanol–water partition coefficient (Wildman–Crippen LogP) is 8.76. The molecule has 0 unspecified atom stereocenters. The van der Waals surface area contributed by atoms with E-state index in [2.05, 4.69) is 19.9 Å². The third-order valence-corrected chi connectivity index (χ3v) is 9.55. The highest BCUT2D eigenvalue weighted by Gasteiger charge is 2.39. The highest BCUT2D eigenvalue weighted by molar-refractivity contribution is 5.72. The topological polar surface area (TPSA) is 50.1 Å². The van der Waals surface area contributed by atoms with E-state index in [1.165, 1.54) is 83.5 Å². The van der Waals surface area contributed by atoms with Crippen LogP contribution in [0.15, 0.2) is 0 Å². The van der Waals surface area contributed by atoms with Gasteiger partial charge in [0.2, 0.25) is 0 Å². The van der Waals surface area contributed by atoms with E-state index in [-0.39, 0.29) is 23.4 Å². The Kier molecular flexibility index (Phi) is 11.1. The van der Waals surface area contributed by atoms with E-state index in [0.29, 0.717) is 0 Å². The Morgan fingerprint density at radius 3 is 2.03 bits per heavy atom. The number of ether oxygens (including phenoxy) is 1. The summed E-state index contributed by atoms with van der Waals surface area (Å²) >= 11 is 0. The van der Waals surface area contributed by atoms with Crippen LogP contribution in [0.5, 0.6) is 0 Å². The molecule has 0 aliphatic heterocycles. The van der Waals surface area contributed by atoms with Crippen LogP contribution >= 0.6 is 0 Å². The van der Waals surface area contributed by atoms with Crippen molar-refractivity contribution in [3.05, 3.63) is 0 Å². The van der Waals surface area contributed by atoms with Crippen molar-refractivity contribution in [1.29, 1.82) is 5.26 Å². The number of nitrogens with zero attached hydrogens (tertiary/aromatic N) is 1. The molecule has 3 heteroatoms. The van der Waals surface area contributed by atoms with Gasteiger partial charge >= 0.3 is 5.97 Å². The summed E-state index contributed by atoms with van der Waals surface area (Å²) in [4.78, 5) is 12.8. The number of hydrogen-bond acceptors (Lipinski definition) is 3. The molecule has 188 valence electrons. The lowest BCUT2D eigenvalue weighted by Gasteiger charge is -2.40. The lowest BCUT2D eigenvalue weighted by atomic mass is 9.64. The van der Waals surface area contributed by atoms with E-state index in [4.69, 9.17) is 4.74 Å². The number of hydrogen-bond donors (Lipinski definition) is 0. The van der Waals surface area contributed by atoms with Crippen LogP contribution in [0.4, 0.5) is 0 Å². The van der Waals surface area contributed by atoms with Gasteiger partial charge in [0.05, 0.1) is 17.4 Å². The average molecular weight is 458 g/mol. The van der Waals surface area contributed by atoms with E-state index < -0.39 is 0 Å². The van der Waals surface area contributed by atoms with Gasteiger partial charge in [0.15, 0.2) is 0 Å². The smallest absolute Gasteiger partial charge is 0.309 e. The highest BCUT2D eigenvalue weighted by Crippen LogP contribution is 2.47. The maximum absolute atomic E-state index is 12.8. The zero-order chi connectivity index (χ0) is 23.5. The molecule has 3 aliphatic rings. The molecule has 0 aromatic rings. The van der Waals surface area contributed by atoms with Crippen molar-refractivity contribution in [3.8, 4) is 6.07 Å². The SMILES string of the molecule is CCCCCC1CCC(C(=O)OC2CCC(C3CCC(C#N)(CCCCC)CC3)CC2)CC1. The molecule has 0 atom stereocenters. The van der Waals surface area contributed by atoms with Gasteiger partial charge in [-0.1, -0.05) is 58.8 Å². The van der Waals surface area contributed by atoms with Crippen molar-refractivity contribution in [2.24, 2.45) is 29.1 Å². The third-order valence-electron chi connectivity index (χ3n) is 9.55. The summed E-state index contributed by atoms with van der Waals surface area (Å²) in [5, 5.41) is 9.83. The molecule has 0 heterocycles. The Labute approximate surface area is 204 Å². The summed E-state index contributed by atoms with van der Waals surface area (Å²) < 4.78 is 6.02. The summed E-state index contributed by atoms with van der Waals surface area (Å²) in [6, 6.07) is 2.72. The van der Waals surface area contributed by atoms with Gasteiger partial charge in [0.1, 0.15) is 6.10 Å². The van der Waals surface area contributed by atoms with E-state index in [9.17, 15) is 10.1 Å². The number of unbranched alkanes of at least 4 members (excludes halogenated alkanes) is 4. The predicted molar refractivity (Wildman–Crippen MR) is 136 cm³/mol. The molecule has 0 radical (unpaired) electrons. The number of esters is 1. The van der Waals surface area contributed by atoms with Crippen molar-refractivity contribution in [2.45, 2.75) is 148 Å². The first-order valence-corrected chi connectivity index (χ1v) is 14.7. The van der Waals surface area contributed by atoms with E-state index >= 15 is 0 Å². The van der Waals surface area contributed by atoms with E-state index in [1.807, 2.05) is 0 Å². The van der Waals surface area contributed by atoms with Gasteiger partial charge in [-0.05, 0) is 101 Å². The molecule has 3 fully saturated rings. The van der Waals surface area contributed by atoms with Gasteiger partial charge in [0.25, 0.3) is 0 Å². The summed E-state index contributed by atoms with van der Waals surface area (Å²) in [7, 11) is 0. The largest absolute Gasteiger partial charge is 0.462 e. The molecule has 3 saturated carbocycles. The summed E-state index contributed by atoms with van der Waals surface area (Å²) in [6.45, 7) is 4.51. The zero-order valence-electron chi connectivity index (χ0n) is 21.8. The van der Waals surface area contributed by atoms with Crippen LogP contribution in [0.25, 0.3) is 0 Å². The molecular weight excluding hydrogens is 406 g/mol. The van der Waals surface area contributed by atoms with Crippen molar-refractivity contribution < 1.29 is 9.53 Å². The van der Waals surface area contributed by atoms with Crippen molar-refractivity contribution in [2.75, 3.05) is 0 Å². The van der Waals surface area contributed by atoms with Crippen LogP contribution in [0.1, 0.15) is 142 Å². The number of carbonyl (C=O) groups is 1. The number of carbonyl (C=O) groups excluding carboxylic acids is 1. The molecule has 33 heavy (non-hydrogen) atoms. The molecule has 0 spiro atoms. The Hall–Kier alpha value is -1.04. The molecule has 0 amide bonds. The van der Waals surface area contributed by atoms with Gasteiger partial charge in [-0.15, -0.1) is 0 Å². The molecule has 0 saturated heterocycles. The Bertz CT molecular complexity index is 599. The molecule has 0 bridgehead atoms. The second-order valence-corrected chi connectivity index (χ2v) is 11.9. The van der Waals surface area contributed by atoms with Crippen LogP contribution < -0.4 is 0 Å². The quantitative estimate of drug-likeness (QED) is 0.230. The minimum atomic E-state index is -0.0343. The van der Waals surface area contributed by atoms with Crippen LogP contribution in [0, 0.1) is 40.4 Å². The van der Waals surface area contributed by atoms with E-state index in [1.54, 1.807) is 0 Å². The Morgan fingerprint density at radius 2 is 1.42 bits per heavy atom. The van der Waals surface area contributed by atoms with Crippen LogP contribution in [-0.2, 0) is 9.53 Å². The summed E-state index contributed by atoms with van der Waals surface area (Å²) in [6.07, 6.45) is 24.1. The lowest BCUT2D eigenvalue weighted by Crippen LogP contribution is -2.34. The number of rotatable bonds is 11. The molecular formula is C30H51NO2. The van der Waals surface area contributed by atoms with Crippen LogP contribution in [0.2, 0.25) is 0 Å². The van der Waals surface area contributed by atoms with Crippen LogP contribution in [-0.4, -0.2) is 12.1 Å². The first-order chi connectivity index (χ1) is 16.1. The van der Waals surface area contributed by atoms with Gasteiger partial charge < -0.3 is 4.74 Å². The first kappa shape index (κ1) is 26.6. The molecule has 0 aromatic carbocycles. The molecule has 0 aromatic heterocycles. The summed E-state index contributed by atoms with van der Waals surface area (Å²) in [5.74, 6) is 2.69. The van der Waals surface area contributed by atoms with Gasteiger partial charge in [-0.25, -0.2) is 0 Å². The molecule has 3 rings (SSSR count). The fraction of sp³-hybridized carbons (Fsp3) is 0.933. The second-order valence-electron chi connectivity index (χ2n) is 11.9. The van der Waals surface area contributed by atoms with Crippen molar-refractivity contribution in [1.82, 2.24) is 0 Å². The maximum Gasteiger partial charge on any atom is 0.309 e. The van der Waals surface area contributed by atoms with Gasteiger partial charge in [-0.2, -0.15) is 5.26 Å². The number of nitriles is 1. The zero-order valence-corrected chi connectivity index (χ0v) is 21.8. The second kappa shape index (κ2) is 13.7. The Balaban J connectivity index is 1.33. The Morgan fingerprint density at radius 1 is 0.818 bits per heavy atom. The van der Waals surface area contributed by atoms with Gasteiger partial charge in [-0.3, -0.25) is 4.79 Å². The third kappa shape index (κ3) is 8.00. The maximum atomic E-state index is 12.8. The van der Waals surface area contributed by atoms with Crippen molar-refractivity contribution >= 4 is 5.97 Å². The minimum absolute atomic E-state index is 0.0343. The molecule has 3 nitrogen and oxygen atoms in total. The minimum Gasteiger partial charge on any atom is -0.462 e. The van der Waals surface area contributed by atoms with Crippen molar-refractivity contribution in [3.63, 3.8) is 0 Å². The van der Waals surface area contributed by atoms with E-state index in [0.717, 1.165) is 62.7 Å². The fourth-order valence-corrected chi connectivity index (χ4v) is 7.10. The normalized spacial score (nSPS) is 35.0. The molecule has 0 N–H and O–H groups in total. The molecule has 3 aliphatic carbocycles. The van der Waals surface area contributed by atoms with Crippen LogP contribution in [0.3, 0.4) is 0 Å². The highest BCUT2D eigenvalue weighted by atomic mass is 16.5. The fourth-order valence-electron chi connectivity index (χ4n) is 7.10. The first-order valence-electron chi connectivity index (χ1n) is 14.7. The average Bonchev–Trinajstić information content (AvgIpc) is 2.86.